The zero-order chi connectivity index (χ0) is 23.1. The second-order valence-electron chi connectivity index (χ2n) is 9.26. The maximum Gasteiger partial charge on any atom is -1.00 e. The van der Waals surface area contributed by atoms with Gasteiger partial charge in [-0.15, -0.1) is 0 Å². The van der Waals surface area contributed by atoms with Crippen LogP contribution in [0.4, 0.5) is 0 Å². The molecule has 0 spiro atoms. The molecule has 2 aliphatic carbocycles. The first-order valence-electron chi connectivity index (χ1n) is 11.9. The molecule has 3 unspecified atom stereocenters. The van der Waals surface area contributed by atoms with Gasteiger partial charge in [0.1, 0.15) is 0 Å². The van der Waals surface area contributed by atoms with E-state index in [2.05, 4.69) is 123 Å². The first-order chi connectivity index (χ1) is 16.7. The molecule has 2 aliphatic rings. The Bertz CT molecular complexity index is 1440. The van der Waals surface area contributed by atoms with Gasteiger partial charge >= 0.3 is 217 Å². The van der Waals surface area contributed by atoms with E-state index in [9.17, 15) is 0 Å². The third-order valence-electron chi connectivity index (χ3n) is 7.05. The summed E-state index contributed by atoms with van der Waals surface area (Å²) >= 11 is -0.868. The van der Waals surface area contributed by atoms with Gasteiger partial charge in [-0.05, 0) is 0 Å². The number of hydrogen-bond donors (Lipinski definition) is 0. The third kappa shape index (κ3) is 4.89. The number of halogens is 2. The SMILES string of the molecule is CC1=Cc2c(-c3ccccc3)cccc2[CH]1[Zr+2][CH]1C(Pc2ccccc2C)=Cc2ccccc21.[F-].[F-]. The first kappa shape index (κ1) is 26.6. The van der Waals surface area contributed by atoms with Crippen molar-refractivity contribution in [3.8, 4) is 11.1 Å². The fourth-order valence-electron chi connectivity index (χ4n) is 5.29. The standard InChI is InChI=1S/C16H14P.C16H13.2FH.Zr/c1-12-6-2-5-9-16(12)17-15-10-13-7-3-4-8-14(13)11-15;1-12-10-14-8-5-9-15(16(14)11-12)13-6-3-2-4-7-13;;;/h2-11,17H,1H3;2-11H,1H3;2*1H;/q;;;;+2/p-2. The predicted molar refractivity (Wildman–Crippen MR) is 145 cm³/mol. The van der Waals surface area contributed by atoms with Crippen LogP contribution in [0.2, 0.25) is 0 Å². The zero-order valence-corrected chi connectivity index (χ0v) is 23.8. The van der Waals surface area contributed by atoms with Gasteiger partial charge in [-0.3, -0.25) is 0 Å². The molecule has 0 saturated carbocycles. The third-order valence-corrected chi connectivity index (χ3v) is 14.4. The fourth-order valence-corrected chi connectivity index (χ4v) is 12.1. The van der Waals surface area contributed by atoms with E-state index in [1.165, 1.54) is 33.1 Å². The second-order valence-corrected chi connectivity index (χ2v) is 14.3. The van der Waals surface area contributed by atoms with Crippen molar-refractivity contribution in [2.45, 2.75) is 21.1 Å². The van der Waals surface area contributed by atoms with E-state index < -0.39 is 23.2 Å². The van der Waals surface area contributed by atoms with Crippen molar-refractivity contribution >= 4 is 26.0 Å². The Morgan fingerprint density at radius 3 is 2.14 bits per heavy atom. The Morgan fingerprint density at radius 1 is 0.639 bits per heavy atom. The van der Waals surface area contributed by atoms with Crippen LogP contribution in [0.5, 0.6) is 0 Å². The maximum atomic E-state index is 2.51. The average Bonchev–Trinajstić information content (AvgIpc) is 3.38. The fraction of sp³-hybridized carbons (Fsp3) is 0.125. The molecular weight excluding hydrogens is 545 g/mol. The molecule has 0 fully saturated rings. The Morgan fingerprint density at radius 2 is 1.33 bits per heavy atom. The summed E-state index contributed by atoms with van der Waals surface area (Å²) in [7, 11) is 0.761. The van der Waals surface area contributed by atoms with Gasteiger partial charge in [-0.2, -0.15) is 0 Å². The molecule has 4 aromatic carbocycles. The normalized spacial score (nSPS) is 17.4. The molecule has 0 N–H and O–H groups in total. The number of hydrogen-bond acceptors (Lipinski definition) is 0. The summed E-state index contributed by atoms with van der Waals surface area (Å²) in [5, 5.41) is 3.15. The van der Waals surface area contributed by atoms with E-state index in [0.717, 1.165) is 8.58 Å². The Labute approximate surface area is 225 Å². The minimum Gasteiger partial charge on any atom is -1.00 e. The monoisotopic (exact) mass is 570 g/mol. The minimum atomic E-state index is -0.868. The number of aryl methyl sites for hydroxylation is 1. The molecule has 4 heteroatoms. The summed E-state index contributed by atoms with van der Waals surface area (Å²) in [6.45, 7) is 4.62. The summed E-state index contributed by atoms with van der Waals surface area (Å²) < 4.78 is 1.26. The Balaban J connectivity index is 0.00000152. The van der Waals surface area contributed by atoms with Crippen molar-refractivity contribution in [3.63, 3.8) is 0 Å². The average molecular weight is 572 g/mol. The number of benzene rings is 4. The zero-order valence-electron chi connectivity index (χ0n) is 20.3. The minimum absolute atomic E-state index is 0. The predicted octanol–water partition coefficient (Wildman–Crippen LogP) is 2.31. The maximum absolute atomic E-state index is 2.51. The molecule has 0 radical (unpaired) electrons. The van der Waals surface area contributed by atoms with E-state index in [1.54, 1.807) is 22.0 Å². The molecule has 0 aromatic heterocycles. The van der Waals surface area contributed by atoms with Crippen molar-refractivity contribution in [1.82, 2.24) is 0 Å². The summed E-state index contributed by atoms with van der Waals surface area (Å²) in [6, 6.07) is 35.9. The van der Waals surface area contributed by atoms with Crippen LogP contribution in [0.25, 0.3) is 23.3 Å². The van der Waals surface area contributed by atoms with Gasteiger partial charge < -0.3 is 9.41 Å². The number of allylic oxidation sites excluding steroid dienone is 2. The van der Waals surface area contributed by atoms with Crippen molar-refractivity contribution in [2.75, 3.05) is 0 Å². The van der Waals surface area contributed by atoms with E-state index in [0.29, 0.717) is 7.25 Å². The molecule has 178 valence electrons. The van der Waals surface area contributed by atoms with Crippen LogP contribution in [0.15, 0.2) is 108 Å². The van der Waals surface area contributed by atoms with Gasteiger partial charge in [-0.1, -0.05) is 0 Å². The van der Waals surface area contributed by atoms with Crippen LogP contribution in [0, 0.1) is 6.92 Å². The van der Waals surface area contributed by atoms with E-state index in [4.69, 9.17) is 0 Å². The molecule has 0 bridgehead atoms. The molecule has 6 rings (SSSR count). The van der Waals surface area contributed by atoms with E-state index in [-0.39, 0.29) is 9.41 Å². The van der Waals surface area contributed by atoms with Crippen LogP contribution < -0.4 is 14.7 Å². The van der Waals surface area contributed by atoms with Crippen LogP contribution in [-0.2, 0) is 23.2 Å². The van der Waals surface area contributed by atoms with Gasteiger partial charge in [0.15, 0.2) is 0 Å². The van der Waals surface area contributed by atoms with Crippen molar-refractivity contribution in [2.24, 2.45) is 0 Å². The van der Waals surface area contributed by atoms with Gasteiger partial charge in [0.25, 0.3) is 0 Å². The molecule has 3 atom stereocenters. The van der Waals surface area contributed by atoms with Crippen LogP contribution in [-0.4, -0.2) is 0 Å². The van der Waals surface area contributed by atoms with Crippen molar-refractivity contribution < 1.29 is 32.6 Å². The molecule has 0 aliphatic heterocycles. The summed E-state index contributed by atoms with van der Waals surface area (Å²) in [4.78, 5) is 0. The molecule has 0 nitrogen and oxygen atoms in total. The van der Waals surface area contributed by atoms with Gasteiger partial charge in [0.05, 0.1) is 0 Å². The first-order valence-corrected chi connectivity index (χ1v) is 15.8. The summed E-state index contributed by atoms with van der Waals surface area (Å²) in [6.07, 6.45) is 5.00. The second kappa shape index (κ2) is 11.3. The molecule has 36 heavy (non-hydrogen) atoms. The topological polar surface area (TPSA) is 0 Å². The van der Waals surface area contributed by atoms with Gasteiger partial charge in [-0.25, -0.2) is 0 Å². The van der Waals surface area contributed by atoms with E-state index in [1.807, 2.05) is 0 Å². The molecule has 0 amide bonds. The largest absolute Gasteiger partial charge is 1.00 e. The molecule has 0 heterocycles. The van der Waals surface area contributed by atoms with Crippen molar-refractivity contribution in [3.05, 3.63) is 136 Å². The van der Waals surface area contributed by atoms with Crippen LogP contribution in [0.1, 0.15) is 42.0 Å². The van der Waals surface area contributed by atoms with Crippen molar-refractivity contribution in [1.29, 1.82) is 0 Å². The molecule has 4 aromatic rings. The quantitative estimate of drug-likeness (QED) is 0.323. The molecular formula is C32H27F2PZr. The van der Waals surface area contributed by atoms with E-state index >= 15 is 0 Å². The Hall–Kier alpha value is -2.47. The molecule has 0 saturated heterocycles. The number of rotatable bonds is 5. The number of fused-ring (bicyclic) bond motifs is 2. The smallest absolute Gasteiger partial charge is 1.00 e. The van der Waals surface area contributed by atoms with Crippen LogP contribution in [0.3, 0.4) is 0 Å². The van der Waals surface area contributed by atoms with Gasteiger partial charge in [0, 0.05) is 0 Å². The Kier molecular flexibility index (Phi) is 8.34. The van der Waals surface area contributed by atoms with Crippen LogP contribution >= 0.6 is 8.58 Å². The van der Waals surface area contributed by atoms with Gasteiger partial charge in [0.2, 0.25) is 0 Å². The summed E-state index contributed by atoms with van der Waals surface area (Å²) in [5.41, 5.74) is 11.7. The summed E-state index contributed by atoms with van der Waals surface area (Å²) in [5.74, 6) is 0.